The quantitative estimate of drug-likeness (QED) is 0.319. The molecule has 0 saturated carbocycles. The van der Waals surface area contributed by atoms with Crippen LogP contribution in [-0.4, -0.2) is 23.3 Å². The maximum Gasteiger partial charge on any atom is 0.267 e. The number of H-pyrrole nitrogens is 1. The van der Waals surface area contributed by atoms with E-state index in [1.54, 1.807) is 30.3 Å². The van der Waals surface area contributed by atoms with Gasteiger partial charge in [-0.1, -0.05) is 40.2 Å². The van der Waals surface area contributed by atoms with Crippen LogP contribution < -0.4 is 10.6 Å². The number of amides is 2. The predicted molar refractivity (Wildman–Crippen MR) is 128 cm³/mol. The molecule has 0 atom stereocenters. The molecule has 0 aliphatic carbocycles. The van der Waals surface area contributed by atoms with Gasteiger partial charge in [-0.15, -0.1) is 0 Å². The molecule has 0 saturated heterocycles. The molecular weight excluding hydrogens is 470 g/mol. The summed E-state index contributed by atoms with van der Waals surface area (Å²) in [4.78, 5) is 29.0. The van der Waals surface area contributed by atoms with Crippen molar-refractivity contribution in [2.24, 2.45) is 0 Å². The summed E-state index contributed by atoms with van der Waals surface area (Å²) >= 11 is 3.36. The summed E-state index contributed by atoms with van der Waals surface area (Å²) in [5, 5.41) is 6.76. The van der Waals surface area contributed by atoms with E-state index in [0.29, 0.717) is 24.3 Å². The lowest BCUT2D eigenvalue weighted by Gasteiger charge is -2.11. The zero-order valence-electron chi connectivity index (χ0n) is 17.4. The van der Waals surface area contributed by atoms with Crippen LogP contribution >= 0.6 is 15.9 Å². The highest BCUT2D eigenvalue weighted by Gasteiger charge is 2.16. The van der Waals surface area contributed by atoms with Crippen LogP contribution in [0.3, 0.4) is 0 Å². The van der Waals surface area contributed by atoms with Gasteiger partial charge < -0.3 is 20.0 Å². The SMILES string of the molecule is Cc1[nH]c2ccccc2c1CCNC(=O)C(=Cc1ccco1)NC(=O)c1cccc(Br)c1. The molecule has 0 aliphatic heterocycles. The first-order valence-corrected chi connectivity index (χ1v) is 11.0. The van der Waals surface area contributed by atoms with Crippen LogP contribution in [0.15, 0.2) is 81.5 Å². The Labute approximate surface area is 193 Å². The molecule has 0 unspecified atom stereocenters. The van der Waals surface area contributed by atoms with E-state index in [1.807, 2.05) is 31.2 Å². The standard InChI is InChI=1S/C25H22BrN3O3/c1-16-20(21-9-2-3-10-22(21)28-16)11-12-27-25(31)23(15-19-8-5-13-32-19)29-24(30)17-6-4-7-18(26)14-17/h2-10,13-15,28H,11-12H2,1H3,(H,27,31)(H,29,30). The maximum atomic E-state index is 12.9. The van der Waals surface area contributed by atoms with E-state index in [1.165, 1.54) is 12.3 Å². The zero-order valence-corrected chi connectivity index (χ0v) is 19.0. The van der Waals surface area contributed by atoms with Crippen molar-refractivity contribution in [3.8, 4) is 0 Å². The van der Waals surface area contributed by atoms with Crippen LogP contribution in [0.1, 0.15) is 27.4 Å². The minimum atomic E-state index is -0.387. The van der Waals surface area contributed by atoms with Crippen LogP contribution in [0.25, 0.3) is 17.0 Å². The molecule has 4 aromatic rings. The summed E-state index contributed by atoms with van der Waals surface area (Å²) in [6.07, 6.45) is 3.69. The number of fused-ring (bicyclic) bond motifs is 1. The first-order chi connectivity index (χ1) is 15.5. The molecule has 2 aromatic heterocycles. The van der Waals surface area contributed by atoms with Crippen molar-refractivity contribution in [2.75, 3.05) is 6.54 Å². The van der Waals surface area contributed by atoms with E-state index in [9.17, 15) is 9.59 Å². The third kappa shape index (κ3) is 5.00. The number of hydrogen-bond acceptors (Lipinski definition) is 3. The molecule has 0 bridgehead atoms. The lowest BCUT2D eigenvalue weighted by atomic mass is 10.1. The fourth-order valence-electron chi connectivity index (χ4n) is 3.55. The maximum absolute atomic E-state index is 12.9. The van der Waals surface area contributed by atoms with Crippen molar-refractivity contribution in [3.05, 3.63) is 99.7 Å². The molecule has 0 spiro atoms. The van der Waals surface area contributed by atoms with Gasteiger partial charge >= 0.3 is 0 Å². The highest BCUT2D eigenvalue weighted by atomic mass is 79.9. The number of nitrogens with one attached hydrogen (secondary N) is 3. The number of carbonyl (C=O) groups is 2. The smallest absolute Gasteiger partial charge is 0.267 e. The van der Waals surface area contributed by atoms with E-state index in [4.69, 9.17) is 4.42 Å². The van der Waals surface area contributed by atoms with E-state index >= 15 is 0 Å². The summed E-state index contributed by atoms with van der Waals surface area (Å²) < 4.78 is 6.11. The molecule has 2 heterocycles. The average molecular weight is 492 g/mol. The number of benzene rings is 2. The number of hydrogen-bond donors (Lipinski definition) is 3. The molecule has 162 valence electrons. The first kappa shape index (κ1) is 21.6. The summed E-state index contributed by atoms with van der Waals surface area (Å²) in [6, 6.07) is 18.5. The van der Waals surface area contributed by atoms with E-state index < -0.39 is 0 Å². The van der Waals surface area contributed by atoms with Crippen molar-refractivity contribution in [1.29, 1.82) is 0 Å². The molecule has 0 radical (unpaired) electrons. The van der Waals surface area contributed by atoms with Crippen LogP contribution in [-0.2, 0) is 11.2 Å². The Morgan fingerprint density at radius 2 is 1.94 bits per heavy atom. The van der Waals surface area contributed by atoms with Gasteiger partial charge in [0.15, 0.2) is 0 Å². The molecule has 32 heavy (non-hydrogen) atoms. The topological polar surface area (TPSA) is 87.1 Å². The summed E-state index contributed by atoms with van der Waals surface area (Å²) in [5.74, 6) is -0.300. The molecule has 6 nitrogen and oxygen atoms in total. The van der Waals surface area contributed by atoms with Crippen molar-refractivity contribution in [2.45, 2.75) is 13.3 Å². The van der Waals surface area contributed by atoms with E-state index in [0.717, 1.165) is 26.6 Å². The lowest BCUT2D eigenvalue weighted by Crippen LogP contribution is -2.35. The minimum Gasteiger partial charge on any atom is -0.465 e. The van der Waals surface area contributed by atoms with Crippen molar-refractivity contribution in [1.82, 2.24) is 15.6 Å². The molecule has 0 fully saturated rings. The third-order valence-corrected chi connectivity index (χ3v) is 5.59. The van der Waals surface area contributed by atoms with Gasteiger partial charge in [0.2, 0.25) is 0 Å². The van der Waals surface area contributed by atoms with Gasteiger partial charge in [-0.3, -0.25) is 9.59 Å². The highest BCUT2D eigenvalue weighted by molar-refractivity contribution is 9.10. The minimum absolute atomic E-state index is 0.112. The van der Waals surface area contributed by atoms with Gasteiger partial charge in [0, 0.05) is 39.3 Å². The van der Waals surface area contributed by atoms with Crippen LogP contribution in [0.4, 0.5) is 0 Å². The lowest BCUT2D eigenvalue weighted by molar-refractivity contribution is -0.117. The third-order valence-electron chi connectivity index (χ3n) is 5.10. The van der Waals surface area contributed by atoms with Gasteiger partial charge in [-0.05, 0) is 55.3 Å². The number of aromatic nitrogens is 1. The van der Waals surface area contributed by atoms with Crippen LogP contribution in [0, 0.1) is 6.92 Å². The van der Waals surface area contributed by atoms with Gasteiger partial charge in [0.25, 0.3) is 11.8 Å². The normalized spacial score (nSPS) is 11.5. The number of rotatable bonds is 7. The summed E-state index contributed by atoms with van der Waals surface area (Å²) in [5.41, 5.74) is 3.86. The number of carbonyl (C=O) groups excluding carboxylic acids is 2. The van der Waals surface area contributed by atoms with E-state index in [-0.39, 0.29) is 17.5 Å². The second-order valence-electron chi connectivity index (χ2n) is 7.32. The van der Waals surface area contributed by atoms with Gasteiger partial charge in [0.05, 0.1) is 6.26 Å². The predicted octanol–water partition coefficient (Wildman–Crippen LogP) is 4.96. The van der Waals surface area contributed by atoms with Crippen LogP contribution in [0.5, 0.6) is 0 Å². The fourth-order valence-corrected chi connectivity index (χ4v) is 3.95. The molecular formula is C25H22BrN3O3. The monoisotopic (exact) mass is 491 g/mol. The molecule has 2 amide bonds. The Hall–Kier alpha value is -3.58. The summed E-state index contributed by atoms with van der Waals surface area (Å²) in [6.45, 7) is 2.45. The first-order valence-electron chi connectivity index (χ1n) is 10.2. The van der Waals surface area contributed by atoms with Crippen molar-refractivity contribution in [3.63, 3.8) is 0 Å². The number of aromatic amines is 1. The highest BCUT2D eigenvalue weighted by Crippen LogP contribution is 2.22. The molecule has 2 aromatic carbocycles. The number of aryl methyl sites for hydroxylation is 1. The molecule has 3 N–H and O–H groups in total. The number of furan rings is 1. The fraction of sp³-hybridized carbons (Fsp3) is 0.120. The number of para-hydroxylation sites is 1. The van der Waals surface area contributed by atoms with E-state index in [2.05, 4.69) is 37.6 Å². The molecule has 0 aliphatic rings. The Kier molecular flexibility index (Phi) is 6.56. The Morgan fingerprint density at radius 3 is 2.72 bits per heavy atom. The van der Waals surface area contributed by atoms with Gasteiger partial charge in [-0.2, -0.15) is 0 Å². The average Bonchev–Trinajstić information content (AvgIpc) is 3.40. The van der Waals surface area contributed by atoms with Gasteiger partial charge in [-0.25, -0.2) is 0 Å². The van der Waals surface area contributed by atoms with Crippen molar-refractivity contribution < 1.29 is 14.0 Å². The Bertz CT molecular complexity index is 1290. The molecule has 4 rings (SSSR count). The summed E-state index contributed by atoms with van der Waals surface area (Å²) in [7, 11) is 0. The zero-order chi connectivity index (χ0) is 22.5. The van der Waals surface area contributed by atoms with Crippen molar-refractivity contribution >= 4 is 44.7 Å². The molecule has 7 heteroatoms. The second kappa shape index (κ2) is 9.70. The Morgan fingerprint density at radius 1 is 1.09 bits per heavy atom. The number of halogens is 1. The largest absolute Gasteiger partial charge is 0.465 e. The Balaban J connectivity index is 1.48. The van der Waals surface area contributed by atoms with Crippen LogP contribution in [0.2, 0.25) is 0 Å². The van der Waals surface area contributed by atoms with Gasteiger partial charge in [0.1, 0.15) is 11.5 Å². The second-order valence-corrected chi connectivity index (χ2v) is 8.23.